The Morgan fingerprint density at radius 2 is 2.00 bits per heavy atom. The Labute approximate surface area is 51.3 Å². The van der Waals surface area contributed by atoms with Gasteiger partial charge < -0.3 is 0 Å². The first kappa shape index (κ1) is 4.84. The second-order valence-electron chi connectivity index (χ2n) is 3.85. The summed E-state index contributed by atoms with van der Waals surface area (Å²) in [6, 6.07) is 0. The van der Waals surface area contributed by atoms with Crippen molar-refractivity contribution in [2.75, 3.05) is 0 Å². The fourth-order valence-corrected chi connectivity index (χ4v) is 2.13. The average molecular weight is 110 g/mol. The molecule has 0 aromatic heterocycles. The summed E-state index contributed by atoms with van der Waals surface area (Å²) in [6.07, 6.45) is 7.72. The zero-order valence-corrected chi connectivity index (χ0v) is 5.61. The van der Waals surface area contributed by atoms with Gasteiger partial charge in [0.05, 0.1) is 0 Å². The standard InChI is InChI=1S/C8H14/c1-7-2-3-8(6-7)4-5-8/h7H,2-6H2,1H3. The molecule has 1 unspecified atom stereocenters. The molecule has 2 aliphatic carbocycles. The molecule has 2 saturated carbocycles. The van der Waals surface area contributed by atoms with E-state index in [0.29, 0.717) is 0 Å². The molecule has 0 radical (unpaired) electrons. The van der Waals surface area contributed by atoms with E-state index in [4.69, 9.17) is 0 Å². The van der Waals surface area contributed by atoms with Crippen LogP contribution in [0.4, 0.5) is 0 Å². The minimum Gasteiger partial charge on any atom is -0.0625 e. The smallest absolute Gasteiger partial charge is 0.0294 e. The van der Waals surface area contributed by atoms with Crippen molar-refractivity contribution < 1.29 is 0 Å². The minimum absolute atomic E-state index is 0.916. The van der Waals surface area contributed by atoms with Crippen molar-refractivity contribution in [2.45, 2.75) is 39.0 Å². The SMILES string of the molecule is CC1CCC2(CC2)C1. The first-order valence-electron chi connectivity index (χ1n) is 3.81. The predicted octanol–water partition coefficient (Wildman–Crippen LogP) is 2.59. The van der Waals surface area contributed by atoms with Gasteiger partial charge in [0.2, 0.25) is 0 Å². The highest BCUT2D eigenvalue weighted by molar-refractivity contribution is 4.98. The monoisotopic (exact) mass is 110 g/mol. The van der Waals surface area contributed by atoms with Gasteiger partial charge >= 0.3 is 0 Å². The Morgan fingerprint density at radius 3 is 2.25 bits per heavy atom. The second-order valence-corrected chi connectivity index (χ2v) is 3.85. The maximum atomic E-state index is 2.40. The Balaban J connectivity index is 2.03. The zero-order chi connectivity index (χ0) is 5.61. The van der Waals surface area contributed by atoms with Gasteiger partial charge in [-0.25, -0.2) is 0 Å². The fourth-order valence-electron chi connectivity index (χ4n) is 2.13. The maximum absolute atomic E-state index is 2.40. The van der Waals surface area contributed by atoms with Crippen LogP contribution in [0.1, 0.15) is 39.0 Å². The molecule has 46 valence electrons. The lowest BCUT2D eigenvalue weighted by Gasteiger charge is -2.00. The highest BCUT2D eigenvalue weighted by atomic mass is 14.5. The summed E-state index contributed by atoms with van der Waals surface area (Å²) >= 11 is 0. The summed E-state index contributed by atoms with van der Waals surface area (Å²) in [5.74, 6) is 1.05. The normalized spacial score (nSPS) is 40.9. The van der Waals surface area contributed by atoms with E-state index < -0.39 is 0 Å². The zero-order valence-electron chi connectivity index (χ0n) is 5.61. The van der Waals surface area contributed by atoms with E-state index >= 15 is 0 Å². The molecule has 0 aliphatic heterocycles. The van der Waals surface area contributed by atoms with Gasteiger partial charge in [-0.3, -0.25) is 0 Å². The fraction of sp³-hybridized carbons (Fsp3) is 1.00. The summed E-state index contributed by atoms with van der Waals surface area (Å²) in [7, 11) is 0. The van der Waals surface area contributed by atoms with Crippen LogP contribution in [0, 0.1) is 11.3 Å². The molecule has 0 bridgehead atoms. The van der Waals surface area contributed by atoms with Crippen LogP contribution >= 0.6 is 0 Å². The van der Waals surface area contributed by atoms with Crippen molar-refractivity contribution in [3.8, 4) is 0 Å². The Hall–Kier alpha value is 0. The van der Waals surface area contributed by atoms with Crippen LogP contribution in [0.2, 0.25) is 0 Å². The largest absolute Gasteiger partial charge is 0.0625 e. The molecular weight excluding hydrogens is 96.1 g/mol. The quantitative estimate of drug-likeness (QED) is 0.449. The van der Waals surface area contributed by atoms with Crippen molar-refractivity contribution in [3.05, 3.63) is 0 Å². The van der Waals surface area contributed by atoms with Crippen LogP contribution in [0.5, 0.6) is 0 Å². The molecule has 1 spiro atoms. The van der Waals surface area contributed by atoms with E-state index in [1.165, 1.54) is 6.42 Å². The van der Waals surface area contributed by atoms with E-state index in [2.05, 4.69) is 6.92 Å². The molecule has 0 amide bonds. The van der Waals surface area contributed by atoms with Crippen LogP contribution in [0.25, 0.3) is 0 Å². The molecule has 0 aromatic rings. The van der Waals surface area contributed by atoms with Gasteiger partial charge in [-0.1, -0.05) is 13.3 Å². The van der Waals surface area contributed by atoms with Gasteiger partial charge in [0, 0.05) is 0 Å². The van der Waals surface area contributed by atoms with Gasteiger partial charge in [-0.05, 0) is 37.0 Å². The van der Waals surface area contributed by atoms with Crippen molar-refractivity contribution in [2.24, 2.45) is 11.3 Å². The maximum Gasteiger partial charge on any atom is -0.0294 e. The Kier molecular flexibility index (Phi) is 0.778. The van der Waals surface area contributed by atoms with E-state index in [-0.39, 0.29) is 0 Å². The van der Waals surface area contributed by atoms with E-state index in [1.54, 1.807) is 25.7 Å². The molecule has 8 heavy (non-hydrogen) atoms. The lowest BCUT2D eigenvalue weighted by Crippen LogP contribution is -1.90. The van der Waals surface area contributed by atoms with Crippen LogP contribution in [-0.4, -0.2) is 0 Å². The highest BCUT2D eigenvalue weighted by Crippen LogP contribution is 2.59. The van der Waals surface area contributed by atoms with Gasteiger partial charge in [-0.15, -0.1) is 0 Å². The second kappa shape index (κ2) is 1.29. The van der Waals surface area contributed by atoms with Crippen molar-refractivity contribution in [3.63, 3.8) is 0 Å². The van der Waals surface area contributed by atoms with Gasteiger partial charge in [0.1, 0.15) is 0 Å². The van der Waals surface area contributed by atoms with Crippen LogP contribution in [0.15, 0.2) is 0 Å². The Morgan fingerprint density at radius 1 is 1.25 bits per heavy atom. The topological polar surface area (TPSA) is 0 Å². The van der Waals surface area contributed by atoms with Crippen LogP contribution in [0.3, 0.4) is 0 Å². The van der Waals surface area contributed by atoms with E-state index in [1.807, 2.05) is 0 Å². The molecule has 2 rings (SSSR count). The Bertz CT molecular complexity index is 101. The number of hydrogen-bond donors (Lipinski definition) is 0. The lowest BCUT2D eigenvalue weighted by atomic mass is 10.0. The summed E-state index contributed by atoms with van der Waals surface area (Å²) in [6.45, 7) is 2.40. The molecule has 0 saturated heterocycles. The van der Waals surface area contributed by atoms with Crippen molar-refractivity contribution in [1.29, 1.82) is 0 Å². The van der Waals surface area contributed by atoms with Gasteiger partial charge in [0.25, 0.3) is 0 Å². The van der Waals surface area contributed by atoms with Gasteiger partial charge in [0.15, 0.2) is 0 Å². The third-order valence-corrected chi connectivity index (χ3v) is 2.91. The van der Waals surface area contributed by atoms with E-state index in [9.17, 15) is 0 Å². The molecule has 0 heterocycles. The van der Waals surface area contributed by atoms with Crippen molar-refractivity contribution in [1.82, 2.24) is 0 Å². The van der Waals surface area contributed by atoms with Gasteiger partial charge in [-0.2, -0.15) is 0 Å². The van der Waals surface area contributed by atoms with Crippen LogP contribution < -0.4 is 0 Å². The molecule has 1 atom stereocenters. The van der Waals surface area contributed by atoms with E-state index in [0.717, 1.165) is 11.3 Å². The molecule has 2 aliphatic rings. The third-order valence-electron chi connectivity index (χ3n) is 2.91. The summed E-state index contributed by atoms with van der Waals surface area (Å²) in [5, 5.41) is 0. The summed E-state index contributed by atoms with van der Waals surface area (Å²) in [5.41, 5.74) is 0.916. The number of rotatable bonds is 0. The summed E-state index contributed by atoms with van der Waals surface area (Å²) in [4.78, 5) is 0. The minimum atomic E-state index is 0.916. The third kappa shape index (κ3) is 0.586. The van der Waals surface area contributed by atoms with Crippen molar-refractivity contribution >= 4 is 0 Å². The molecule has 0 N–H and O–H groups in total. The number of hydrogen-bond acceptors (Lipinski definition) is 0. The predicted molar refractivity (Wildman–Crippen MR) is 34.7 cm³/mol. The average Bonchev–Trinajstić information content (AvgIpc) is 2.34. The molecule has 0 heteroatoms. The van der Waals surface area contributed by atoms with Crippen LogP contribution in [-0.2, 0) is 0 Å². The molecule has 2 fully saturated rings. The molecular formula is C8H14. The molecule has 0 aromatic carbocycles. The first-order valence-corrected chi connectivity index (χ1v) is 3.81. The summed E-state index contributed by atoms with van der Waals surface area (Å²) < 4.78 is 0. The molecule has 0 nitrogen and oxygen atoms in total. The highest BCUT2D eigenvalue weighted by Gasteiger charge is 2.46. The lowest BCUT2D eigenvalue weighted by molar-refractivity contribution is 0.501. The first-order chi connectivity index (χ1) is 3.81.